The minimum atomic E-state index is 0.546. The Morgan fingerprint density at radius 3 is 2.16 bits per heavy atom. The van der Waals surface area contributed by atoms with Crippen molar-refractivity contribution in [2.75, 3.05) is 0 Å². The van der Waals surface area contributed by atoms with Gasteiger partial charge >= 0.3 is 0 Å². The lowest BCUT2D eigenvalue weighted by Gasteiger charge is -2.43. The fraction of sp³-hybridized carbons (Fsp3) is 1.00. The first kappa shape index (κ1) is 13.9. The highest BCUT2D eigenvalue weighted by atomic mass is 15.0. The van der Waals surface area contributed by atoms with Crippen molar-refractivity contribution < 1.29 is 0 Å². The van der Waals surface area contributed by atoms with E-state index >= 15 is 0 Å². The van der Waals surface area contributed by atoms with Crippen LogP contribution in [0.3, 0.4) is 0 Å². The second-order valence-electron chi connectivity index (χ2n) is 8.79. The summed E-state index contributed by atoms with van der Waals surface area (Å²) in [7, 11) is 0. The van der Waals surface area contributed by atoms with E-state index in [0.29, 0.717) is 10.8 Å². The van der Waals surface area contributed by atoms with Gasteiger partial charge in [0, 0.05) is 12.1 Å². The Bertz CT molecular complexity index is 348. The third kappa shape index (κ3) is 1.99. The van der Waals surface area contributed by atoms with Gasteiger partial charge in [0.15, 0.2) is 0 Å². The van der Waals surface area contributed by atoms with Crippen molar-refractivity contribution in [1.29, 1.82) is 0 Å². The Hall–Kier alpha value is -0.0400. The third-order valence-electron chi connectivity index (χ3n) is 7.83. The van der Waals surface area contributed by atoms with Crippen LogP contribution < -0.4 is 5.32 Å². The maximum Gasteiger partial charge on any atom is 0.0131 e. The third-order valence-corrected chi connectivity index (χ3v) is 7.83. The SMILES string of the molecule is CC1CCC(NC2CC3CCC2(C)C3(C)C)CC1C. The molecule has 0 aliphatic heterocycles. The predicted molar refractivity (Wildman–Crippen MR) is 82.1 cm³/mol. The summed E-state index contributed by atoms with van der Waals surface area (Å²) in [4.78, 5) is 0. The molecule has 3 rings (SSSR count). The summed E-state index contributed by atoms with van der Waals surface area (Å²) in [5.74, 6) is 2.81. The van der Waals surface area contributed by atoms with E-state index in [4.69, 9.17) is 0 Å². The van der Waals surface area contributed by atoms with Crippen molar-refractivity contribution >= 4 is 0 Å². The molecule has 0 amide bonds. The van der Waals surface area contributed by atoms with Crippen molar-refractivity contribution in [2.45, 2.75) is 85.2 Å². The number of fused-ring (bicyclic) bond motifs is 2. The molecule has 110 valence electrons. The summed E-state index contributed by atoms with van der Waals surface area (Å²) in [5.41, 5.74) is 1.10. The zero-order chi connectivity index (χ0) is 13.8. The first-order valence-corrected chi connectivity index (χ1v) is 8.60. The molecule has 19 heavy (non-hydrogen) atoms. The maximum atomic E-state index is 4.10. The minimum absolute atomic E-state index is 0.546. The zero-order valence-electron chi connectivity index (χ0n) is 13.6. The Kier molecular flexibility index (Phi) is 3.28. The summed E-state index contributed by atoms with van der Waals surface area (Å²) in [6.07, 6.45) is 8.59. The molecule has 0 aromatic rings. The van der Waals surface area contributed by atoms with Crippen LogP contribution in [0.2, 0.25) is 0 Å². The Morgan fingerprint density at radius 1 is 0.895 bits per heavy atom. The fourth-order valence-electron chi connectivity index (χ4n) is 5.44. The second kappa shape index (κ2) is 4.48. The zero-order valence-corrected chi connectivity index (χ0v) is 13.6. The lowest BCUT2D eigenvalue weighted by Crippen LogP contribution is -2.50. The van der Waals surface area contributed by atoms with Crippen LogP contribution >= 0.6 is 0 Å². The van der Waals surface area contributed by atoms with Gasteiger partial charge in [0.2, 0.25) is 0 Å². The molecule has 0 aromatic heterocycles. The molecule has 0 spiro atoms. The van der Waals surface area contributed by atoms with Crippen molar-refractivity contribution in [1.82, 2.24) is 5.32 Å². The van der Waals surface area contributed by atoms with E-state index in [1.54, 1.807) is 0 Å². The Labute approximate surface area is 119 Å². The molecule has 0 heterocycles. The van der Waals surface area contributed by atoms with Gasteiger partial charge in [0.25, 0.3) is 0 Å². The monoisotopic (exact) mass is 263 g/mol. The van der Waals surface area contributed by atoms with Crippen LogP contribution in [0.1, 0.15) is 73.1 Å². The first-order valence-electron chi connectivity index (χ1n) is 8.60. The van der Waals surface area contributed by atoms with E-state index in [0.717, 1.165) is 29.8 Å². The van der Waals surface area contributed by atoms with Gasteiger partial charge < -0.3 is 5.32 Å². The number of nitrogens with one attached hydrogen (secondary N) is 1. The van der Waals surface area contributed by atoms with Crippen LogP contribution in [0, 0.1) is 28.6 Å². The van der Waals surface area contributed by atoms with Gasteiger partial charge in [-0.15, -0.1) is 0 Å². The molecule has 6 unspecified atom stereocenters. The van der Waals surface area contributed by atoms with Crippen LogP contribution in [0.25, 0.3) is 0 Å². The molecule has 3 aliphatic rings. The van der Waals surface area contributed by atoms with Crippen LogP contribution in [0.15, 0.2) is 0 Å². The average molecular weight is 263 g/mol. The first-order chi connectivity index (χ1) is 8.84. The highest BCUT2D eigenvalue weighted by molar-refractivity contribution is 5.13. The largest absolute Gasteiger partial charge is 0.311 e. The predicted octanol–water partition coefficient (Wildman–Crippen LogP) is 4.62. The molecule has 3 saturated carbocycles. The molecule has 0 radical (unpaired) electrons. The molecule has 3 fully saturated rings. The van der Waals surface area contributed by atoms with E-state index in [1.807, 2.05) is 0 Å². The summed E-state index contributed by atoms with van der Waals surface area (Å²) in [6, 6.07) is 1.58. The van der Waals surface area contributed by atoms with Crippen LogP contribution in [0.5, 0.6) is 0 Å². The smallest absolute Gasteiger partial charge is 0.0131 e. The van der Waals surface area contributed by atoms with E-state index in [-0.39, 0.29) is 0 Å². The Balaban J connectivity index is 1.66. The fourth-order valence-corrected chi connectivity index (χ4v) is 5.44. The molecule has 2 bridgehead atoms. The summed E-state index contributed by atoms with van der Waals surface area (Å²) >= 11 is 0. The average Bonchev–Trinajstić information content (AvgIpc) is 2.67. The van der Waals surface area contributed by atoms with Crippen molar-refractivity contribution in [3.8, 4) is 0 Å². The molecule has 1 heteroatoms. The molecule has 1 nitrogen and oxygen atoms in total. The van der Waals surface area contributed by atoms with Gasteiger partial charge in [-0.25, -0.2) is 0 Å². The molecule has 0 saturated heterocycles. The standard InChI is InChI=1S/C18H33N/c1-12-6-7-15(10-13(12)2)19-16-11-14-8-9-18(16,5)17(14,3)4/h12-16,19H,6-11H2,1-5H3. The summed E-state index contributed by atoms with van der Waals surface area (Å²) in [6.45, 7) is 12.5. The lowest BCUT2D eigenvalue weighted by atomic mass is 9.68. The molecule has 6 atom stereocenters. The van der Waals surface area contributed by atoms with Gasteiger partial charge in [0.05, 0.1) is 0 Å². The van der Waals surface area contributed by atoms with Gasteiger partial charge in [-0.05, 0) is 67.1 Å². The quantitative estimate of drug-likeness (QED) is 0.767. The normalized spacial score (nSPS) is 52.6. The van der Waals surface area contributed by atoms with E-state index in [9.17, 15) is 0 Å². The highest BCUT2D eigenvalue weighted by Crippen LogP contribution is 2.65. The maximum absolute atomic E-state index is 4.10. The van der Waals surface area contributed by atoms with Gasteiger partial charge in [-0.3, -0.25) is 0 Å². The van der Waals surface area contributed by atoms with Gasteiger partial charge in [0.1, 0.15) is 0 Å². The van der Waals surface area contributed by atoms with Crippen LogP contribution in [0.4, 0.5) is 0 Å². The van der Waals surface area contributed by atoms with E-state index in [1.165, 1.54) is 38.5 Å². The number of rotatable bonds is 2. The molecular formula is C18H33N. The second-order valence-corrected chi connectivity index (χ2v) is 8.79. The van der Waals surface area contributed by atoms with E-state index < -0.39 is 0 Å². The summed E-state index contributed by atoms with van der Waals surface area (Å²) < 4.78 is 0. The molecule has 0 aromatic carbocycles. The Morgan fingerprint density at radius 2 is 1.63 bits per heavy atom. The topological polar surface area (TPSA) is 12.0 Å². The molecular weight excluding hydrogens is 230 g/mol. The minimum Gasteiger partial charge on any atom is -0.311 e. The number of hydrogen-bond acceptors (Lipinski definition) is 1. The molecule has 1 N–H and O–H groups in total. The lowest BCUT2D eigenvalue weighted by molar-refractivity contribution is 0.104. The summed E-state index contributed by atoms with van der Waals surface area (Å²) in [5, 5.41) is 4.10. The van der Waals surface area contributed by atoms with E-state index in [2.05, 4.69) is 39.9 Å². The van der Waals surface area contributed by atoms with Gasteiger partial charge in [-0.1, -0.05) is 34.6 Å². The van der Waals surface area contributed by atoms with Crippen molar-refractivity contribution in [2.24, 2.45) is 28.6 Å². The van der Waals surface area contributed by atoms with Crippen molar-refractivity contribution in [3.63, 3.8) is 0 Å². The highest BCUT2D eigenvalue weighted by Gasteiger charge is 2.61. The van der Waals surface area contributed by atoms with Crippen LogP contribution in [-0.4, -0.2) is 12.1 Å². The van der Waals surface area contributed by atoms with Gasteiger partial charge in [-0.2, -0.15) is 0 Å². The van der Waals surface area contributed by atoms with Crippen LogP contribution in [-0.2, 0) is 0 Å². The van der Waals surface area contributed by atoms with Crippen molar-refractivity contribution in [3.05, 3.63) is 0 Å². The molecule has 3 aliphatic carbocycles. The number of hydrogen-bond donors (Lipinski definition) is 1.